The van der Waals surface area contributed by atoms with E-state index in [9.17, 15) is 9.59 Å². The predicted octanol–water partition coefficient (Wildman–Crippen LogP) is 3.83. The number of rotatable bonds is 2. The number of fused-ring (bicyclic) bond motifs is 4. The monoisotopic (exact) mass is 406 g/mol. The lowest BCUT2D eigenvalue weighted by atomic mass is 9.71. The lowest BCUT2D eigenvalue weighted by Crippen LogP contribution is -2.46. The fourth-order valence-corrected chi connectivity index (χ4v) is 4.74. The summed E-state index contributed by atoms with van der Waals surface area (Å²) < 4.78 is 1.60. The van der Waals surface area contributed by atoms with Crippen LogP contribution in [0.4, 0.5) is 11.5 Å². The zero-order valence-electron chi connectivity index (χ0n) is 16.1. The summed E-state index contributed by atoms with van der Waals surface area (Å²) in [5.41, 5.74) is 3.03. The third kappa shape index (κ3) is 2.32. The van der Waals surface area contributed by atoms with Crippen LogP contribution in [-0.2, 0) is 15.0 Å². The molecule has 0 saturated carbocycles. The second-order valence-electron chi connectivity index (χ2n) is 7.47. The summed E-state index contributed by atoms with van der Waals surface area (Å²) in [5, 5.41) is 7.94. The van der Waals surface area contributed by atoms with Gasteiger partial charge in [0, 0.05) is 24.2 Å². The Labute approximate surface area is 173 Å². The molecule has 1 spiro atoms. The Morgan fingerprint density at radius 2 is 1.93 bits per heavy atom. The summed E-state index contributed by atoms with van der Waals surface area (Å²) in [6.07, 6.45) is 1.74. The summed E-state index contributed by atoms with van der Waals surface area (Å²) in [4.78, 5) is 28.3. The minimum atomic E-state index is -1.07. The molecule has 2 amide bonds. The van der Waals surface area contributed by atoms with Crippen molar-refractivity contribution in [3.05, 3.63) is 70.4 Å². The Balaban J connectivity index is 1.80. The first-order chi connectivity index (χ1) is 14.0. The third-order valence-electron chi connectivity index (χ3n) is 5.82. The number of nitrogens with zero attached hydrogens (tertiary/aromatic N) is 3. The average Bonchev–Trinajstić information content (AvgIpc) is 3.21. The molecule has 1 aromatic heterocycles. The standard InChI is InChI=1S/C22H19ClN4O2/c1-3-26-17-9-8-13(2)10-14(17)22(21(26)29)11-19(28)25-20-15(22)12-24-27(20)18-7-5-4-6-16(18)23/h4-10,12H,3,11H2,1-2H3,(H,25,28). The van der Waals surface area contributed by atoms with Crippen LogP contribution in [0, 0.1) is 6.92 Å². The van der Waals surface area contributed by atoms with Crippen molar-refractivity contribution in [2.75, 3.05) is 16.8 Å². The molecule has 1 unspecified atom stereocenters. The van der Waals surface area contributed by atoms with Gasteiger partial charge < -0.3 is 10.2 Å². The highest BCUT2D eigenvalue weighted by molar-refractivity contribution is 6.32. The molecule has 1 N–H and O–H groups in total. The molecule has 7 heteroatoms. The Morgan fingerprint density at radius 3 is 2.69 bits per heavy atom. The molecule has 29 heavy (non-hydrogen) atoms. The van der Waals surface area contributed by atoms with E-state index in [0.29, 0.717) is 28.6 Å². The Bertz CT molecular complexity index is 1190. The van der Waals surface area contributed by atoms with E-state index in [1.165, 1.54) is 0 Å². The molecule has 2 aliphatic rings. The van der Waals surface area contributed by atoms with Crippen LogP contribution in [0.1, 0.15) is 30.0 Å². The number of aryl methyl sites for hydroxylation is 1. The molecule has 0 fully saturated rings. The zero-order valence-corrected chi connectivity index (χ0v) is 16.8. The van der Waals surface area contributed by atoms with E-state index in [0.717, 1.165) is 16.8 Å². The fraction of sp³-hybridized carbons (Fsp3) is 0.227. The zero-order chi connectivity index (χ0) is 20.3. The van der Waals surface area contributed by atoms with Crippen molar-refractivity contribution in [1.82, 2.24) is 9.78 Å². The molecule has 0 bridgehead atoms. The van der Waals surface area contributed by atoms with Crippen LogP contribution in [-0.4, -0.2) is 28.1 Å². The quantitative estimate of drug-likeness (QED) is 0.703. The number of carbonyl (C=O) groups excluding carboxylic acids is 2. The van der Waals surface area contributed by atoms with Gasteiger partial charge in [0.05, 0.1) is 16.9 Å². The van der Waals surface area contributed by atoms with Crippen molar-refractivity contribution in [1.29, 1.82) is 0 Å². The smallest absolute Gasteiger partial charge is 0.242 e. The van der Waals surface area contributed by atoms with Crippen molar-refractivity contribution in [3.8, 4) is 5.69 Å². The molecule has 0 radical (unpaired) electrons. The van der Waals surface area contributed by atoms with E-state index in [1.807, 2.05) is 50.2 Å². The summed E-state index contributed by atoms with van der Waals surface area (Å²) in [5.74, 6) is 0.189. The van der Waals surface area contributed by atoms with E-state index < -0.39 is 5.41 Å². The van der Waals surface area contributed by atoms with Gasteiger partial charge >= 0.3 is 0 Å². The maximum atomic E-state index is 13.7. The predicted molar refractivity (Wildman–Crippen MR) is 112 cm³/mol. The number of benzene rings is 2. The molecule has 146 valence electrons. The number of halogens is 1. The first-order valence-corrected chi connectivity index (χ1v) is 9.91. The van der Waals surface area contributed by atoms with Gasteiger partial charge in [-0.1, -0.05) is 41.4 Å². The summed E-state index contributed by atoms with van der Waals surface area (Å²) >= 11 is 6.37. The first-order valence-electron chi connectivity index (χ1n) is 9.53. The second-order valence-corrected chi connectivity index (χ2v) is 7.88. The summed E-state index contributed by atoms with van der Waals surface area (Å²) in [6, 6.07) is 13.3. The SMILES string of the molecule is CCN1C(=O)C2(CC(=O)Nc3c2cnn3-c2ccccc2Cl)c2cc(C)ccc21. The molecule has 2 aliphatic heterocycles. The van der Waals surface area contributed by atoms with Crippen molar-refractivity contribution >= 4 is 34.9 Å². The van der Waals surface area contributed by atoms with Crippen LogP contribution >= 0.6 is 11.6 Å². The summed E-state index contributed by atoms with van der Waals surface area (Å²) in [7, 11) is 0. The van der Waals surface area contributed by atoms with Crippen LogP contribution < -0.4 is 10.2 Å². The van der Waals surface area contributed by atoms with Crippen LogP contribution in [0.2, 0.25) is 5.02 Å². The minimum Gasteiger partial charge on any atom is -0.311 e. The molecule has 2 aromatic carbocycles. The number of carbonyl (C=O) groups is 2. The van der Waals surface area contributed by atoms with Gasteiger partial charge in [0.15, 0.2) is 0 Å². The minimum absolute atomic E-state index is 0.0556. The maximum Gasteiger partial charge on any atom is 0.242 e. The van der Waals surface area contributed by atoms with E-state index in [-0.39, 0.29) is 18.2 Å². The number of para-hydroxylation sites is 1. The number of nitrogens with one attached hydrogen (secondary N) is 1. The molecule has 0 saturated heterocycles. The molecule has 6 nitrogen and oxygen atoms in total. The molecule has 1 atom stereocenters. The number of aromatic nitrogens is 2. The highest BCUT2D eigenvalue weighted by Gasteiger charge is 2.56. The van der Waals surface area contributed by atoms with Gasteiger partial charge in [-0.05, 0) is 37.6 Å². The van der Waals surface area contributed by atoms with Crippen LogP contribution in [0.5, 0.6) is 0 Å². The van der Waals surface area contributed by atoms with E-state index in [4.69, 9.17) is 11.6 Å². The molecule has 0 aliphatic carbocycles. The lowest BCUT2D eigenvalue weighted by Gasteiger charge is -2.32. The molecule has 3 aromatic rings. The van der Waals surface area contributed by atoms with Gasteiger partial charge in [-0.15, -0.1) is 0 Å². The highest BCUT2D eigenvalue weighted by atomic mass is 35.5. The number of hydrogen-bond acceptors (Lipinski definition) is 3. The van der Waals surface area contributed by atoms with Crippen LogP contribution in [0.25, 0.3) is 5.69 Å². The fourth-order valence-electron chi connectivity index (χ4n) is 4.53. The molecule has 5 rings (SSSR count). The van der Waals surface area contributed by atoms with Gasteiger partial charge in [0.2, 0.25) is 11.8 Å². The number of anilines is 2. The van der Waals surface area contributed by atoms with Crippen molar-refractivity contribution in [2.45, 2.75) is 25.7 Å². The third-order valence-corrected chi connectivity index (χ3v) is 6.14. The lowest BCUT2D eigenvalue weighted by molar-refractivity contribution is -0.126. The van der Waals surface area contributed by atoms with Crippen LogP contribution in [0.15, 0.2) is 48.7 Å². The van der Waals surface area contributed by atoms with Gasteiger partial charge in [-0.25, -0.2) is 4.68 Å². The van der Waals surface area contributed by atoms with E-state index in [1.54, 1.807) is 21.8 Å². The van der Waals surface area contributed by atoms with Gasteiger partial charge in [-0.3, -0.25) is 9.59 Å². The average molecular weight is 407 g/mol. The largest absolute Gasteiger partial charge is 0.311 e. The first kappa shape index (κ1) is 17.9. The van der Waals surface area contributed by atoms with Crippen LogP contribution in [0.3, 0.4) is 0 Å². The number of hydrogen-bond donors (Lipinski definition) is 1. The number of amides is 2. The Kier molecular flexibility index (Phi) is 3.83. The van der Waals surface area contributed by atoms with E-state index in [2.05, 4.69) is 10.4 Å². The molecular weight excluding hydrogens is 388 g/mol. The van der Waals surface area contributed by atoms with Gasteiger partial charge in [0.25, 0.3) is 0 Å². The highest BCUT2D eigenvalue weighted by Crippen LogP contribution is 2.52. The van der Waals surface area contributed by atoms with Crippen molar-refractivity contribution in [3.63, 3.8) is 0 Å². The van der Waals surface area contributed by atoms with Gasteiger partial charge in [-0.2, -0.15) is 5.10 Å². The molecular formula is C22H19ClN4O2. The van der Waals surface area contributed by atoms with Gasteiger partial charge in [0.1, 0.15) is 11.2 Å². The summed E-state index contributed by atoms with van der Waals surface area (Å²) in [6.45, 7) is 4.47. The second kappa shape index (κ2) is 6.19. The normalized spacial score (nSPS) is 20.0. The molecule has 3 heterocycles. The Hall–Kier alpha value is -3.12. The van der Waals surface area contributed by atoms with E-state index >= 15 is 0 Å². The Morgan fingerprint density at radius 1 is 1.14 bits per heavy atom. The van der Waals surface area contributed by atoms with Crippen molar-refractivity contribution < 1.29 is 9.59 Å². The topological polar surface area (TPSA) is 67.2 Å². The van der Waals surface area contributed by atoms with Crippen molar-refractivity contribution in [2.24, 2.45) is 0 Å². The number of likely N-dealkylation sites (N-methyl/N-ethyl adjacent to an activating group) is 1. The maximum absolute atomic E-state index is 13.7.